The number of halogens is 1. The van der Waals surface area contributed by atoms with Gasteiger partial charge >= 0.3 is 5.97 Å². The Morgan fingerprint density at radius 1 is 1.11 bits per heavy atom. The number of benzene rings is 2. The summed E-state index contributed by atoms with van der Waals surface area (Å²) in [4.78, 5) is 23.9. The van der Waals surface area contributed by atoms with Gasteiger partial charge in [-0.3, -0.25) is 4.79 Å². The van der Waals surface area contributed by atoms with E-state index in [1.54, 1.807) is 48.5 Å². The van der Waals surface area contributed by atoms with Crippen LogP contribution in [0.4, 0.5) is 0 Å². The van der Waals surface area contributed by atoms with Crippen LogP contribution in [0.1, 0.15) is 35.7 Å². The number of esters is 1. The van der Waals surface area contributed by atoms with E-state index in [0.717, 1.165) is 18.4 Å². The number of ether oxygens (including phenoxy) is 2. The molecule has 0 heterocycles. The summed E-state index contributed by atoms with van der Waals surface area (Å²) in [6.07, 6.45) is 2.30. The Balaban J connectivity index is 1.43. The lowest BCUT2D eigenvalue weighted by molar-refractivity contribution is -0.124. The molecule has 0 aromatic heterocycles. The molecule has 27 heavy (non-hydrogen) atoms. The molecular formula is C21H22ClNO4. The number of hydrogen-bond acceptors (Lipinski definition) is 4. The van der Waals surface area contributed by atoms with Crippen molar-refractivity contribution in [3.8, 4) is 5.75 Å². The van der Waals surface area contributed by atoms with Gasteiger partial charge in [0.15, 0.2) is 6.61 Å². The predicted molar refractivity (Wildman–Crippen MR) is 103 cm³/mol. The minimum absolute atomic E-state index is 0.135. The topological polar surface area (TPSA) is 64.6 Å². The second-order valence-electron chi connectivity index (χ2n) is 6.71. The number of rotatable bonds is 8. The first-order chi connectivity index (χ1) is 13.0. The second kappa shape index (κ2) is 8.91. The molecule has 0 aliphatic heterocycles. The molecule has 1 aliphatic rings. The second-order valence-corrected chi connectivity index (χ2v) is 7.15. The molecule has 0 radical (unpaired) electrons. The van der Waals surface area contributed by atoms with Crippen molar-refractivity contribution in [3.05, 3.63) is 64.7 Å². The summed E-state index contributed by atoms with van der Waals surface area (Å²) < 4.78 is 10.7. The third-order valence-electron chi connectivity index (χ3n) is 4.46. The summed E-state index contributed by atoms with van der Waals surface area (Å²) in [5, 5.41) is 3.51. The predicted octanol–water partition coefficient (Wildman–Crippen LogP) is 3.99. The van der Waals surface area contributed by atoms with Gasteiger partial charge in [0.25, 0.3) is 5.91 Å². The van der Waals surface area contributed by atoms with Gasteiger partial charge in [0, 0.05) is 11.1 Å². The molecule has 0 saturated heterocycles. The highest BCUT2D eigenvalue weighted by Crippen LogP contribution is 2.32. The maximum atomic E-state index is 12.1. The van der Waals surface area contributed by atoms with E-state index in [9.17, 15) is 9.59 Å². The van der Waals surface area contributed by atoms with Crippen LogP contribution in [0.25, 0.3) is 0 Å². The van der Waals surface area contributed by atoms with Gasteiger partial charge in [-0.1, -0.05) is 23.7 Å². The zero-order valence-electron chi connectivity index (χ0n) is 15.1. The summed E-state index contributed by atoms with van der Waals surface area (Å²) in [5.74, 6) is 0.492. The molecule has 0 unspecified atom stereocenters. The van der Waals surface area contributed by atoms with E-state index in [0.29, 0.717) is 28.9 Å². The molecule has 6 heteroatoms. The van der Waals surface area contributed by atoms with Crippen LogP contribution < -0.4 is 10.1 Å². The lowest BCUT2D eigenvalue weighted by atomic mass is 10.1. The average molecular weight is 388 g/mol. The minimum atomic E-state index is -0.519. The van der Waals surface area contributed by atoms with Crippen LogP contribution >= 0.6 is 11.6 Å². The van der Waals surface area contributed by atoms with Crippen LogP contribution in [-0.4, -0.2) is 24.5 Å². The van der Waals surface area contributed by atoms with Gasteiger partial charge in [0.05, 0.1) is 5.56 Å². The molecule has 5 nitrogen and oxygen atoms in total. The highest BCUT2D eigenvalue weighted by atomic mass is 35.5. The Bertz CT molecular complexity index is 785. The monoisotopic (exact) mass is 387 g/mol. The number of hydrogen-bond donors (Lipinski definition) is 1. The molecular weight excluding hydrogens is 366 g/mol. The smallest absolute Gasteiger partial charge is 0.338 e. The summed E-state index contributed by atoms with van der Waals surface area (Å²) in [5.41, 5.74) is 1.31. The van der Waals surface area contributed by atoms with Crippen molar-refractivity contribution in [2.24, 2.45) is 5.92 Å². The number of carbonyl (C=O) groups excluding carboxylic acids is 2. The molecule has 2 aromatic carbocycles. The van der Waals surface area contributed by atoms with Crippen molar-refractivity contribution in [1.82, 2.24) is 5.32 Å². The Kier molecular flexibility index (Phi) is 6.35. The quantitative estimate of drug-likeness (QED) is 0.695. The van der Waals surface area contributed by atoms with Gasteiger partial charge in [0.1, 0.15) is 12.4 Å². The highest BCUT2D eigenvalue weighted by Gasteiger charge is 2.29. The van der Waals surface area contributed by atoms with Crippen molar-refractivity contribution in [2.75, 3.05) is 6.61 Å². The van der Waals surface area contributed by atoms with Gasteiger partial charge in [0.2, 0.25) is 0 Å². The molecule has 1 atom stereocenters. The van der Waals surface area contributed by atoms with Crippen molar-refractivity contribution in [2.45, 2.75) is 32.4 Å². The normalized spacial score (nSPS) is 14.3. The Labute approximate surface area is 163 Å². The number of nitrogens with one attached hydrogen (secondary N) is 1. The van der Waals surface area contributed by atoms with Crippen LogP contribution in [0, 0.1) is 5.92 Å². The molecule has 2 aromatic rings. The SMILES string of the molecule is C[C@H](NC(=O)COC(=O)c1ccc(COc2ccc(Cl)cc2)cc1)C1CC1. The fraction of sp³-hybridized carbons (Fsp3) is 0.333. The van der Waals surface area contributed by atoms with Crippen LogP contribution in [0.15, 0.2) is 48.5 Å². The lowest BCUT2D eigenvalue weighted by Crippen LogP contribution is -2.37. The molecule has 142 valence electrons. The van der Waals surface area contributed by atoms with Crippen molar-refractivity contribution in [3.63, 3.8) is 0 Å². The minimum Gasteiger partial charge on any atom is -0.489 e. The Hall–Kier alpha value is -2.53. The summed E-state index contributed by atoms with van der Waals surface area (Å²) in [6.45, 7) is 2.08. The largest absolute Gasteiger partial charge is 0.489 e. The molecule has 1 aliphatic carbocycles. The molecule has 3 rings (SSSR count). The van der Waals surface area contributed by atoms with Crippen molar-refractivity contribution < 1.29 is 19.1 Å². The zero-order chi connectivity index (χ0) is 19.2. The Morgan fingerprint density at radius 2 is 1.78 bits per heavy atom. The van der Waals surface area contributed by atoms with Gasteiger partial charge < -0.3 is 14.8 Å². The molecule has 1 amide bonds. The van der Waals surface area contributed by atoms with E-state index in [2.05, 4.69) is 5.32 Å². The standard InChI is InChI=1S/C21H22ClNO4/c1-14(16-6-7-16)23-20(24)13-27-21(25)17-4-2-15(3-5-17)12-26-19-10-8-18(22)9-11-19/h2-5,8-11,14,16H,6-7,12-13H2,1H3,(H,23,24)/t14-/m0/s1. The molecule has 0 bridgehead atoms. The first kappa shape index (κ1) is 19.2. The third-order valence-corrected chi connectivity index (χ3v) is 4.71. The van der Waals surface area contributed by atoms with Gasteiger partial charge in [-0.15, -0.1) is 0 Å². The van der Waals surface area contributed by atoms with Gasteiger partial charge in [-0.25, -0.2) is 4.79 Å². The average Bonchev–Trinajstić information content (AvgIpc) is 3.51. The summed E-state index contributed by atoms with van der Waals surface area (Å²) in [7, 11) is 0. The summed E-state index contributed by atoms with van der Waals surface area (Å²) in [6, 6.07) is 14.2. The summed E-state index contributed by atoms with van der Waals surface area (Å²) >= 11 is 5.84. The lowest BCUT2D eigenvalue weighted by Gasteiger charge is -2.12. The van der Waals surface area contributed by atoms with E-state index < -0.39 is 5.97 Å². The number of carbonyl (C=O) groups is 2. The molecule has 1 saturated carbocycles. The fourth-order valence-corrected chi connectivity index (χ4v) is 2.78. The maximum Gasteiger partial charge on any atom is 0.338 e. The van der Waals surface area contributed by atoms with E-state index >= 15 is 0 Å². The maximum absolute atomic E-state index is 12.1. The van der Waals surface area contributed by atoms with Crippen molar-refractivity contribution in [1.29, 1.82) is 0 Å². The highest BCUT2D eigenvalue weighted by molar-refractivity contribution is 6.30. The fourth-order valence-electron chi connectivity index (χ4n) is 2.66. The van der Waals surface area contributed by atoms with E-state index in [1.807, 2.05) is 6.92 Å². The first-order valence-corrected chi connectivity index (χ1v) is 9.33. The van der Waals surface area contributed by atoms with Crippen LogP contribution in [-0.2, 0) is 16.1 Å². The molecule has 0 spiro atoms. The van der Waals surface area contributed by atoms with Crippen LogP contribution in [0.5, 0.6) is 5.75 Å². The number of amides is 1. The third kappa shape index (κ3) is 6.00. The van der Waals surface area contributed by atoms with E-state index in [4.69, 9.17) is 21.1 Å². The molecule has 1 N–H and O–H groups in total. The van der Waals surface area contributed by atoms with Gasteiger partial charge in [-0.05, 0) is 67.6 Å². The van der Waals surface area contributed by atoms with Gasteiger partial charge in [-0.2, -0.15) is 0 Å². The first-order valence-electron chi connectivity index (χ1n) is 8.95. The van der Waals surface area contributed by atoms with Crippen LogP contribution in [0.2, 0.25) is 5.02 Å². The van der Waals surface area contributed by atoms with E-state index in [1.165, 1.54) is 0 Å². The Morgan fingerprint density at radius 3 is 2.41 bits per heavy atom. The van der Waals surface area contributed by atoms with Crippen LogP contribution in [0.3, 0.4) is 0 Å². The molecule has 1 fully saturated rings. The van der Waals surface area contributed by atoms with E-state index in [-0.39, 0.29) is 18.6 Å². The van der Waals surface area contributed by atoms with Crippen molar-refractivity contribution >= 4 is 23.5 Å². The zero-order valence-corrected chi connectivity index (χ0v) is 15.9.